The molecule has 1 fully saturated rings. The second kappa shape index (κ2) is 5.16. The van der Waals surface area contributed by atoms with Crippen LogP contribution >= 0.6 is 0 Å². The van der Waals surface area contributed by atoms with Crippen LogP contribution in [-0.2, 0) is 0 Å². The van der Waals surface area contributed by atoms with Crippen molar-refractivity contribution < 1.29 is 4.79 Å². The van der Waals surface area contributed by atoms with Gasteiger partial charge in [0.15, 0.2) is 0 Å². The summed E-state index contributed by atoms with van der Waals surface area (Å²) in [5, 5.41) is 2.30. The van der Waals surface area contributed by atoms with Gasteiger partial charge in [-0.1, -0.05) is 43.3 Å². The van der Waals surface area contributed by atoms with Gasteiger partial charge in [-0.25, -0.2) is 4.79 Å². The van der Waals surface area contributed by atoms with Crippen LogP contribution < -0.4 is 0 Å². The van der Waals surface area contributed by atoms with Gasteiger partial charge >= 0.3 is 6.03 Å². The number of nitrogens with zero attached hydrogens (tertiary/aromatic N) is 2. The minimum Gasteiger partial charge on any atom is -0.324 e. The number of hydrogen-bond acceptors (Lipinski definition) is 1. The monoisotopic (exact) mass is 292 g/mol. The quantitative estimate of drug-likeness (QED) is 0.599. The number of para-hydroxylation sites is 2. The highest BCUT2D eigenvalue weighted by atomic mass is 16.2. The number of fused-ring (bicyclic) bond motifs is 3. The zero-order valence-electron chi connectivity index (χ0n) is 12.8. The molecule has 0 aliphatic carbocycles. The first-order valence-electron chi connectivity index (χ1n) is 8.03. The maximum absolute atomic E-state index is 13.1. The molecule has 0 spiro atoms. The number of aromatic nitrogens is 1. The second-order valence-corrected chi connectivity index (χ2v) is 6.32. The third-order valence-corrected chi connectivity index (χ3v) is 4.83. The molecule has 2 aromatic carbocycles. The van der Waals surface area contributed by atoms with Crippen LogP contribution in [0, 0.1) is 5.92 Å². The van der Waals surface area contributed by atoms with Crippen molar-refractivity contribution in [1.29, 1.82) is 0 Å². The Labute approximate surface area is 130 Å². The van der Waals surface area contributed by atoms with Crippen LogP contribution in [0.1, 0.15) is 19.8 Å². The molecule has 1 aromatic heterocycles. The third kappa shape index (κ3) is 2.00. The van der Waals surface area contributed by atoms with E-state index >= 15 is 0 Å². The summed E-state index contributed by atoms with van der Waals surface area (Å²) < 4.78 is 1.89. The van der Waals surface area contributed by atoms with E-state index in [1.165, 1.54) is 0 Å². The minimum atomic E-state index is 0.115. The molecule has 0 bridgehead atoms. The van der Waals surface area contributed by atoms with Crippen LogP contribution in [0.15, 0.2) is 48.5 Å². The van der Waals surface area contributed by atoms with Crippen molar-refractivity contribution in [1.82, 2.24) is 9.47 Å². The minimum absolute atomic E-state index is 0.115. The highest BCUT2D eigenvalue weighted by molar-refractivity contribution is 6.13. The standard InChI is InChI=1S/C19H20N2O/c1-14-10-12-20(13-11-14)19(22)21-17-8-4-2-6-15(17)16-7-3-5-9-18(16)21/h2-9,14H,10-13H2,1H3. The molecule has 0 N–H and O–H groups in total. The Bertz CT molecular complexity index is 788. The lowest BCUT2D eigenvalue weighted by Gasteiger charge is -2.30. The molecule has 4 rings (SSSR count). The average Bonchev–Trinajstić information content (AvgIpc) is 2.89. The van der Waals surface area contributed by atoms with Crippen LogP contribution in [0.25, 0.3) is 21.8 Å². The highest BCUT2D eigenvalue weighted by Gasteiger charge is 2.24. The Balaban J connectivity index is 1.87. The van der Waals surface area contributed by atoms with Crippen LogP contribution in [0.2, 0.25) is 0 Å². The maximum atomic E-state index is 13.1. The Morgan fingerprint density at radius 1 is 0.909 bits per heavy atom. The summed E-state index contributed by atoms with van der Waals surface area (Å²) in [6.07, 6.45) is 2.20. The Hall–Kier alpha value is -2.29. The van der Waals surface area contributed by atoms with Crippen molar-refractivity contribution in [3.8, 4) is 0 Å². The normalized spacial score (nSPS) is 16.5. The van der Waals surface area contributed by atoms with E-state index in [0.717, 1.165) is 53.7 Å². The number of hydrogen-bond donors (Lipinski definition) is 0. The van der Waals surface area contributed by atoms with Gasteiger partial charge in [0.2, 0.25) is 0 Å². The molecular formula is C19H20N2O. The Morgan fingerprint density at radius 3 is 1.95 bits per heavy atom. The summed E-state index contributed by atoms with van der Waals surface area (Å²) >= 11 is 0. The summed E-state index contributed by atoms with van der Waals surface area (Å²) in [5.74, 6) is 0.724. The first kappa shape index (κ1) is 13.4. The lowest BCUT2D eigenvalue weighted by molar-refractivity contribution is 0.177. The summed E-state index contributed by atoms with van der Waals surface area (Å²) in [4.78, 5) is 15.1. The van der Waals surface area contributed by atoms with Gasteiger partial charge in [-0.05, 0) is 30.9 Å². The number of carbonyl (C=O) groups excluding carboxylic acids is 1. The van der Waals surface area contributed by atoms with Gasteiger partial charge in [0.1, 0.15) is 0 Å². The van der Waals surface area contributed by atoms with Gasteiger partial charge in [-0.3, -0.25) is 4.57 Å². The maximum Gasteiger partial charge on any atom is 0.329 e. The molecule has 1 amide bonds. The highest BCUT2D eigenvalue weighted by Crippen LogP contribution is 2.29. The fourth-order valence-electron chi connectivity index (χ4n) is 3.47. The molecule has 1 aliphatic rings. The zero-order valence-corrected chi connectivity index (χ0v) is 12.8. The number of piperidine rings is 1. The summed E-state index contributed by atoms with van der Waals surface area (Å²) in [7, 11) is 0. The molecule has 0 radical (unpaired) electrons. The van der Waals surface area contributed by atoms with E-state index in [0.29, 0.717) is 0 Å². The second-order valence-electron chi connectivity index (χ2n) is 6.32. The van der Waals surface area contributed by atoms with Gasteiger partial charge in [0.25, 0.3) is 0 Å². The van der Waals surface area contributed by atoms with E-state index in [2.05, 4.69) is 19.1 Å². The van der Waals surface area contributed by atoms with E-state index in [-0.39, 0.29) is 6.03 Å². The third-order valence-electron chi connectivity index (χ3n) is 4.83. The molecule has 3 heteroatoms. The molecule has 1 saturated heterocycles. The largest absolute Gasteiger partial charge is 0.329 e. The first-order valence-corrected chi connectivity index (χ1v) is 8.03. The molecule has 0 saturated carbocycles. The zero-order chi connectivity index (χ0) is 15.1. The number of carbonyl (C=O) groups is 1. The fraction of sp³-hybridized carbons (Fsp3) is 0.316. The SMILES string of the molecule is CC1CCN(C(=O)n2c3ccccc3c3ccccc32)CC1. The molecule has 1 aliphatic heterocycles. The molecule has 112 valence electrons. The van der Waals surface area contributed by atoms with Crippen molar-refractivity contribution in [2.24, 2.45) is 5.92 Å². The lowest BCUT2D eigenvalue weighted by Crippen LogP contribution is -2.40. The van der Waals surface area contributed by atoms with E-state index in [1.807, 2.05) is 45.9 Å². The first-order chi connectivity index (χ1) is 10.8. The average molecular weight is 292 g/mol. The number of rotatable bonds is 0. The van der Waals surface area contributed by atoms with Gasteiger partial charge in [0.05, 0.1) is 11.0 Å². The summed E-state index contributed by atoms with van der Waals surface area (Å²) in [6.45, 7) is 3.99. The topological polar surface area (TPSA) is 25.2 Å². The molecule has 0 atom stereocenters. The molecular weight excluding hydrogens is 272 g/mol. The van der Waals surface area contributed by atoms with Gasteiger partial charge in [-0.15, -0.1) is 0 Å². The number of amides is 1. The van der Waals surface area contributed by atoms with Crippen molar-refractivity contribution >= 4 is 27.8 Å². The molecule has 22 heavy (non-hydrogen) atoms. The van der Waals surface area contributed by atoms with Crippen molar-refractivity contribution in [2.75, 3.05) is 13.1 Å². The predicted molar refractivity (Wildman–Crippen MR) is 90.2 cm³/mol. The van der Waals surface area contributed by atoms with Gasteiger partial charge < -0.3 is 4.90 Å². The molecule has 2 heterocycles. The van der Waals surface area contributed by atoms with E-state index in [9.17, 15) is 4.79 Å². The van der Waals surface area contributed by atoms with Crippen molar-refractivity contribution in [3.63, 3.8) is 0 Å². The van der Waals surface area contributed by atoms with Crippen LogP contribution in [0.4, 0.5) is 4.79 Å². The summed E-state index contributed by atoms with van der Waals surface area (Å²) in [5.41, 5.74) is 2.01. The van der Waals surface area contributed by atoms with Crippen molar-refractivity contribution in [3.05, 3.63) is 48.5 Å². The Kier molecular flexibility index (Phi) is 3.14. The number of likely N-dealkylation sites (tertiary alicyclic amines) is 1. The van der Waals surface area contributed by atoms with Crippen molar-refractivity contribution in [2.45, 2.75) is 19.8 Å². The Morgan fingerprint density at radius 2 is 1.41 bits per heavy atom. The van der Waals surface area contributed by atoms with Gasteiger partial charge in [0, 0.05) is 23.9 Å². The lowest BCUT2D eigenvalue weighted by atomic mass is 10.00. The molecule has 3 nitrogen and oxygen atoms in total. The van der Waals surface area contributed by atoms with Crippen LogP contribution in [0.5, 0.6) is 0 Å². The molecule has 0 unspecified atom stereocenters. The summed E-state index contributed by atoms with van der Waals surface area (Å²) in [6, 6.07) is 16.5. The van der Waals surface area contributed by atoms with E-state index in [1.54, 1.807) is 0 Å². The van der Waals surface area contributed by atoms with Crippen LogP contribution in [0.3, 0.4) is 0 Å². The fourth-order valence-corrected chi connectivity index (χ4v) is 3.47. The number of benzene rings is 2. The van der Waals surface area contributed by atoms with Crippen LogP contribution in [-0.4, -0.2) is 28.6 Å². The van der Waals surface area contributed by atoms with E-state index < -0.39 is 0 Å². The predicted octanol–water partition coefficient (Wildman–Crippen LogP) is 4.49. The van der Waals surface area contributed by atoms with E-state index in [4.69, 9.17) is 0 Å². The smallest absolute Gasteiger partial charge is 0.324 e. The molecule has 3 aromatic rings. The van der Waals surface area contributed by atoms with Gasteiger partial charge in [-0.2, -0.15) is 0 Å².